The zero-order valence-corrected chi connectivity index (χ0v) is 17.6. The first-order chi connectivity index (χ1) is 16.0. The van der Waals surface area contributed by atoms with Gasteiger partial charge >= 0.3 is 0 Å². The first kappa shape index (κ1) is 22.9. The highest BCUT2D eigenvalue weighted by atomic mass is 16.6. The van der Waals surface area contributed by atoms with E-state index in [1.165, 1.54) is 37.6 Å². The number of rotatable bonds is 9. The van der Waals surface area contributed by atoms with Gasteiger partial charge in [-0.1, -0.05) is 24.3 Å². The molecule has 168 valence electrons. The van der Waals surface area contributed by atoms with Gasteiger partial charge in [-0.25, -0.2) is 5.43 Å². The molecule has 0 aliphatic carbocycles. The fourth-order valence-corrected chi connectivity index (χ4v) is 2.74. The molecule has 0 saturated carbocycles. The molecule has 10 heteroatoms. The van der Waals surface area contributed by atoms with E-state index in [9.17, 15) is 19.7 Å². The number of hydrogen-bond donors (Lipinski definition) is 2. The van der Waals surface area contributed by atoms with E-state index in [0.29, 0.717) is 22.6 Å². The van der Waals surface area contributed by atoms with Crippen molar-refractivity contribution in [3.8, 4) is 11.5 Å². The Morgan fingerprint density at radius 3 is 2.55 bits per heavy atom. The highest BCUT2D eigenvalue weighted by Crippen LogP contribution is 2.27. The fourth-order valence-electron chi connectivity index (χ4n) is 2.74. The summed E-state index contributed by atoms with van der Waals surface area (Å²) in [4.78, 5) is 34.4. The summed E-state index contributed by atoms with van der Waals surface area (Å²) in [5.74, 6) is -0.158. The molecule has 3 aromatic carbocycles. The van der Waals surface area contributed by atoms with E-state index in [2.05, 4.69) is 15.8 Å². The molecule has 0 aliphatic heterocycles. The third-order valence-electron chi connectivity index (χ3n) is 4.30. The monoisotopic (exact) mass is 448 g/mol. The summed E-state index contributed by atoms with van der Waals surface area (Å²) in [5, 5.41) is 17.3. The van der Waals surface area contributed by atoms with Crippen molar-refractivity contribution >= 4 is 29.4 Å². The molecule has 0 aliphatic rings. The van der Waals surface area contributed by atoms with Crippen molar-refractivity contribution in [2.24, 2.45) is 5.10 Å². The van der Waals surface area contributed by atoms with Crippen LogP contribution >= 0.6 is 0 Å². The minimum atomic E-state index is -0.547. The van der Waals surface area contributed by atoms with Gasteiger partial charge in [0.2, 0.25) is 0 Å². The summed E-state index contributed by atoms with van der Waals surface area (Å²) in [5.41, 5.74) is 3.71. The minimum absolute atomic E-state index is 0.132. The Labute approximate surface area is 189 Å². The summed E-state index contributed by atoms with van der Waals surface area (Å²) in [6.07, 6.45) is 1.45. The molecule has 0 aromatic heterocycles. The predicted molar refractivity (Wildman–Crippen MR) is 122 cm³/mol. The number of hydrazone groups is 1. The molecule has 0 atom stereocenters. The van der Waals surface area contributed by atoms with E-state index in [-0.39, 0.29) is 23.9 Å². The highest BCUT2D eigenvalue weighted by Gasteiger charge is 2.11. The van der Waals surface area contributed by atoms with Crippen molar-refractivity contribution in [3.63, 3.8) is 0 Å². The number of methoxy groups -OCH3 is 1. The number of non-ortho nitro benzene ring substituents is 1. The van der Waals surface area contributed by atoms with Crippen LogP contribution < -0.4 is 20.2 Å². The Bertz CT molecular complexity index is 1180. The van der Waals surface area contributed by atoms with Crippen LogP contribution in [0.15, 0.2) is 77.9 Å². The summed E-state index contributed by atoms with van der Waals surface area (Å²) in [6.45, 7) is -0.334. The lowest BCUT2D eigenvalue weighted by molar-refractivity contribution is -0.384. The van der Waals surface area contributed by atoms with Gasteiger partial charge < -0.3 is 14.8 Å². The maximum absolute atomic E-state index is 12.1. The van der Waals surface area contributed by atoms with Crippen molar-refractivity contribution in [3.05, 3.63) is 94.0 Å². The molecule has 0 bridgehead atoms. The number of nitrogens with one attached hydrogen (secondary N) is 2. The van der Waals surface area contributed by atoms with Crippen LogP contribution in [0, 0.1) is 10.1 Å². The standard InChI is InChI=1S/C23H20N4O6/c1-32-21-12-16(14-24-26-23(29)17-6-3-2-4-7-17)10-11-20(21)33-15-22(28)25-18-8-5-9-19(13-18)27(30)31/h2-14H,15H2,1H3,(H,25,28)(H,26,29)/b24-14+. The fraction of sp³-hybridized carbons (Fsp3) is 0.0870. The quantitative estimate of drug-likeness (QED) is 0.293. The van der Waals surface area contributed by atoms with Crippen LogP contribution in [-0.4, -0.2) is 36.7 Å². The van der Waals surface area contributed by atoms with Crippen LogP contribution in [-0.2, 0) is 4.79 Å². The summed E-state index contributed by atoms with van der Waals surface area (Å²) in [7, 11) is 1.45. The molecule has 3 rings (SSSR count). The van der Waals surface area contributed by atoms with E-state index in [4.69, 9.17) is 9.47 Å². The molecule has 10 nitrogen and oxygen atoms in total. The number of ether oxygens (including phenoxy) is 2. The number of anilines is 1. The molecule has 2 N–H and O–H groups in total. The lowest BCUT2D eigenvalue weighted by Crippen LogP contribution is -2.20. The Kier molecular flexibility index (Phi) is 7.68. The van der Waals surface area contributed by atoms with Gasteiger partial charge in [-0.15, -0.1) is 0 Å². The summed E-state index contributed by atoms with van der Waals surface area (Å²) in [6, 6.07) is 19.2. The number of amides is 2. The highest BCUT2D eigenvalue weighted by molar-refractivity contribution is 5.95. The van der Waals surface area contributed by atoms with Gasteiger partial charge in [0.1, 0.15) is 0 Å². The molecule has 2 amide bonds. The largest absolute Gasteiger partial charge is 0.493 e. The first-order valence-corrected chi connectivity index (χ1v) is 9.70. The van der Waals surface area contributed by atoms with Crippen LogP contribution in [0.1, 0.15) is 15.9 Å². The number of nitrogens with zero attached hydrogens (tertiary/aromatic N) is 2. The zero-order chi connectivity index (χ0) is 23.6. The van der Waals surface area contributed by atoms with Crippen molar-refractivity contribution in [2.75, 3.05) is 19.0 Å². The van der Waals surface area contributed by atoms with Crippen molar-refractivity contribution in [2.45, 2.75) is 0 Å². The van der Waals surface area contributed by atoms with Gasteiger partial charge in [-0.2, -0.15) is 5.10 Å². The molecular weight excluding hydrogens is 428 g/mol. The van der Waals surface area contributed by atoms with Gasteiger partial charge in [0.15, 0.2) is 18.1 Å². The minimum Gasteiger partial charge on any atom is -0.493 e. The number of nitro groups is 1. The molecular formula is C23H20N4O6. The second-order valence-electron chi connectivity index (χ2n) is 6.62. The molecule has 0 unspecified atom stereocenters. The predicted octanol–water partition coefficient (Wildman–Crippen LogP) is 3.38. The van der Waals surface area contributed by atoms with E-state index in [1.807, 2.05) is 6.07 Å². The van der Waals surface area contributed by atoms with Crippen LogP contribution in [0.25, 0.3) is 0 Å². The van der Waals surface area contributed by atoms with Crippen LogP contribution in [0.4, 0.5) is 11.4 Å². The molecule has 0 spiro atoms. The third kappa shape index (κ3) is 6.62. The third-order valence-corrected chi connectivity index (χ3v) is 4.30. The van der Waals surface area contributed by atoms with E-state index >= 15 is 0 Å². The van der Waals surface area contributed by atoms with Crippen molar-refractivity contribution < 1.29 is 24.0 Å². The van der Waals surface area contributed by atoms with Gasteiger partial charge in [-0.05, 0) is 42.0 Å². The molecule has 0 radical (unpaired) electrons. The summed E-state index contributed by atoms with van der Waals surface area (Å²) >= 11 is 0. The number of nitro benzene ring substituents is 1. The van der Waals surface area contributed by atoms with E-state index in [1.54, 1.807) is 42.5 Å². The van der Waals surface area contributed by atoms with Crippen LogP contribution in [0.5, 0.6) is 11.5 Å². The second-order valence-corrected chi connectivity index (χ2v) is 6.62. The number of carbonyl (C=O) groups excluding carboxylic acids is 2. The lowest BCUT2D eigenvalue weighted by Gasteiger charge is -2.11. The molecule has 0 saturated heterocycles. The van der Waals surface area contributed by atoms with E-state index < -0.39 is 10.8 Å². The summed E-state index contributed by atoms with van der Waals surface area (Å²) < 4.78 is 10.8. The average Bonchev–Trinajstić information content (AvgIpc) is 2.83. The van der Waals surface area contributed by atoms with Crippen LogP contribution in [0.3, 0.4) is 0 Å². The van der Waals surface area contributed by atoms with E-state index in [0.717, 1.165) is 0 Å². The number of carbonyl (C=O) groups is 2. The van der Waals surface area contributed by atoms with Gasteiger partial charge in [0.05, 0.1) is 18.2 Å². The van der Waals surface area contributed by atoms with Gasteiger partial charge in [0, 0.05) is 23.4 Å². The maximum Gasteiger partial charge on any atom is 0.271 e. The Balaban J connectivity index is 1.57. The SMILES string of the molecule is COc1cc(/C=N/NC(=O)c2ccccc2)ccc1OCC(=O)Nc1cccc([N+](=O)[O-])c1. The maximum atomic E-state index is 12.1. The zero-order valence-electron chi connectivity index (χ0n) is 17.6. The molecule has 0 heterocycles. The Morgan fingerprint density at radius 1 is 1.03 bits per heavy atom. The van der Waals surface area contributed by atoms with Crippen molar-refractivity contribution in [1.82, 2.24) is 5.43 Å². The first-order valence-electron chi connectivity index (χ1n) is 9.70. The lowest BCUT2D eigenvalue weighted by atomic mass is 10.2. The second kappa shape index (κ2) is 11.0. The van der Waals surface area contributed by atoms with Gasteiger partial charge in [0.25, 0.3) is 17.5 Å². The average molecular weight is 448 g/mol. The Morgan fingerprint density at radius 2 is 1.82 bits per heavy atom. The number of benzene rings is 3. The normalized spacial score (nSPS) is 10.5. The topological polar surface area (TPSA) is 132 Å². The molecule has 0 fully saturated rings. The van der Waals surface area contributed by atoms with Gasteiger partial charge in [-0.3, -0.25) is 19.7 Å². The smallest absolute Gasteiger partial charge is 0.271 e. The van der Waals surface area contributed by atoms with Crippen molar-refractivity contribution in [1.29, 1.82) is 0 Å². The Hall–Kier alpha value is -4.73. The molecule has 3 aromatic rings. The number of hydrogen-bond acceptors (Lipinski definition) is 7. The molecule has 33 heavy (non-hydrogen) atoms. The van der Waals surface area contributed by atoms with Crippen LogP contribution in [0.2, 0.25) is 0 Å².